The summed E-state index contributed by atoms with van der Waals surface area (Å²) in [5.41, 5.74) is 4.66. The molecule has 0 unspecified atom stereocenters. The Bertz CT molecular complexity index is 1060. The van der Waals surface area contributed by atoms with Crippen molar-refractivity contribution in [1.82, 2.24) is 15.2 Å². The topological polar surface area (TPSA) is 41.6 Å². The highest BCUT2D eigenvalue weighted by Crippen LogP contribution is 2.37. The van der Waals surface area contributed by atoms with Crippen LogP contribution in [0.25, 0.3) is 33.2 Å². The van der Waals surface area contributed by atoms with Crippen LogP contribution in [0.4, 0.5) is 4.39 Å². The Balaban J connectivity index is 1.74. The van der Waals surface area contributed by atoms with Gasteiger partial charge >= 0.3 is 0 Å². The first-order valence-electron chi connectivity index (χ1n) is 8.07. The van der Waals surface area contributed by atoms with E-state index < -0.39 is 5.82 Å². The number of thiophene rings is 1. The highest BCUT2D eigenvalue weighted by atomic mass is 35.5. The molecule has 0 aliphatic carbocycles. The Labute approximate surface area is 159 Å². The van der Waals surface area contributed by atoms with E-state index in [1.807, 2.05) is 12.3 Å². The standard InChI is InChI=1S/C20H15ClFN3S/c1-11-6-8-13(9-7-11)18-12(2)14(10-26-18)19-23-20(25-24-19)17-15(21)4-3-5-16(17)22/h3-10H,1-2H3,(H,23,24,25). The van der Waals surface area contributed by atoms with Crippen molar-refractivity contribution in [3.63, 3.8) is 0 Å². The number of nitrogens with one attached hydrogen (secondary N) is 1. The molecular weight excluding hydrogens is 369 g/mol. The summed E-state index contributed by atoms with van der Waals surface area (Å²) >= 11 is 7.77. The number of aromatic nitrogens is 3. The van der Waals surface area contributed by atoms with E-state index in [0.29, 0.717) is 16.7 Å². The fraction of sp³-hybridized carbons (Fsp3) is 0.100. The van der Waals surface area contributed by atoms with Gasteiger partial charge in [-0.15, -0.1) is 11.3 Å². The van der Waals surface area contributed by atoms with Crippen LogP contribution in [0.3, 0.4) is 0 Å². The van der Waals surface area contributed by atoms with Gasteiger partial charge in [-0.2, -0.15) is 5.10 Å². The number of benzene rings is 2. The molecule has 26 heavy (non-hydrogen) atoms. The van der Waals surface area contributed by atoms with Crippen LogP contribution in [0.15, 0.2) is 47.8 Å². The summed E-state index contributed by atoms with van der Waals surface area (Å²) in [6, 6.07) is 13.0. The summed E-state index contributed by atoms with van der Waals surface area (Å²) in [5, 5.41) is 9.41. The first kappa shape index (κ1) is 16.9. The van der Waals surface area contributed by atoms with E-state index in [1.54, 1.807) is 23.5 Å². The van der Waals surface area contributed by atoms with Gasteiger partial charge in [-0.25, -0.2) is 9.37 Å². The van der Waals surface area contributed by atoms with Crippen LogP contribution >= 0.6 is 22.9 Å². The number of hydrogen-bond donors (Lipinski definition) is 1. The molecular formula is C20H15ClFN3S. The van der Waals surface area contributed by atoms with Gasteiger partial charge in [-0.1, -0.05) is 47.5 Å². The Morgan fingerprint density at radius 2 is 1.85 bits per heavy atom. The van der Waals surface area contributed by atoms with Crippen LogP contribution < -0.4 is 0 Å². The lowest BCUT2D eigenvalue weighted by molar-refractivity contribution is 0.630. The van der Waals surface area contributed by atoms with Gasteiger partial charge in [0.1, 0.15) is 5.82 Å². The predicted octanol–water partition coefficient (Wildman–Crippen LogP) is 6.28. The molecule has 0 amide bonds. The molecule has 0 saturated heterocycles. The van der Waals surface area contributed by atoms with E-state index in [2.05, 4.69) is 46.4 Å². The van der Waals surface area contributed by atoms with Crippen LogP contribution in [0, 0.1) is 19.7 Å². The number of halogens is 2. The van der Waals surface area contributed by atoms with Crippen molar-refractivity contribution in [3.8, 4) is 33.2 Å². The zero-order chi connectivity index (χ0) is 18.3. The lowest BCUT2D eigenvalue weighted by Gasteiger charge is -2.02. The normalized spacial score (nSPS) is 11.1. The highest BCUT2D eigenvalue weighted by Gasteiger charge is 2.18. The maximum atomic E-state index is 14.1. The molecule has 0 spiro atoms. The molecule has 0 radical (unpaired) electrons. The van der Waals surface area contributed by atoms with Crippen LogP contribution in [0.5, 0.6) is 0 Å². The number of nitrogens with zero attached hydrogens (tertiary/aromatic N) is 2. The molecule has 2 heterocycles. The van der Waals surface area contributed by atoms with E-state index in [4.69, 9.17) is 11.6 Å². The average molecular weight is 384 g/mol. The minimum absolute atomic E-state index is 0.236. The molecule has 0 fully saturated rings. The molecule has 0 saturated carbocycles. The molecule has 0 aliphatic rings. The predicted molar refractivity (Wildman–Crippen MR) is 105 cm³/mol. The quantitative estimate of drug-likeness (QED) is 0.452. The summed E-state index contributed by atoms with van der Waals surface area (Å²) in [5.74, 6) is 0.430. The summed E-state index contributed by atoms with van der Waals surface area (Å²) in [6.07, 6.45) is 0. The molecule has 2 aromatic heterocycles. The van der Waals surface area contributed by atoms with E-state index in [1.165, 1.54) is 16.5 Å². The monoisotopic (exact) mass is 383 g/mol. The summed E-state index contributed by atoms with van der Waals surface area (Å²) < 4.78 is 14.1. The first-order valence-corrected chi connectivity index (χ1v) is 9.32. The fourth-order valence-corrected chi connectivity index (χ4v) is 4.17. The largest absolute Gasteiger partial charge is 0.259 e. The van der Waals surface area contributed by atoms with E-state index in [0.717, 1.165) is 16.7 Å². The van der Waals surface area contributed by atoms with Crippen molar-refractivity contribution in [2.75, 3.05) is 0 Å². The molecule has 0 bridgehead atoms. The summed E-state index contributed by atoms with van der Waals surface area (Å²) in [6.45, 7) is 4.12. The maximum Gasteiger partial charge on any atom is 0.182 e. The van der Waals surface area contributed by atoms with Gasteiger partial charge in [0.2, 0.25) is 0 Å². The van der Waals surface area contributed by atoms with E-state index >= 15 is 0 Å². The number of aryl methyl sites for hydroxylation is 1. The Hall–Kier alpha value is -2.50. The average Bonchev–Trinajstić information content (AvgIpc) is 3.22. The minimum atomic E-state index is -0.428. The number of aromatic amines is 1. The van der Waals surface area contributed by atoms with E-state index in [9.17, 15) is 4.39 Å². The van der Waals surface area contributed by atoms with Gasteiger partial charge in [0.25, 0.3) is 0 Å². The highest BCUT2D eigenvalue weighted by molar-refractivity contribution is 7.14. The Morgan fingerprint density at radius 3 is 2.58 bits per heavy atom. The van der Waals surface area contributed by atoms with Gasteiger partial charge in [0.15, 0.2) is 11.6 Å². The molecule has 4 aromatic rings. The van der Waals surface area contributed by atoms with Crippen molar-refractivity contribution >= 4 is 22.9 Å². The molecule has 0 atom stereocenters. The Morgan fingerprint density at radius 1 is 1.08 bits per heavy atom. The molecule has 2 aromatic carbocycles. The molecule has 3 nitrogen and oxygen atoms in total. The summed E-state index contributed by atoms with van der Waals surface area (Å²) in [4.78, 5) is 5.65. The second kappa shape index (κ2) is 6.67. The zero-order valence-electron chi connectivity index (χ0n) is 14.2. The smallest absolute Gasteiger partial charge is 0.182 e. The van der Waals surface area contributed by atoms with Crippen molar-refractivity contribution in [2.24, 2.45) is 0 Å². The van der Waals surface area contributed by atoms with Gasteiger partial charge in [0, 0.05) is 15.8 Å². The zero-order valence-corrected chi connectivity index (χ0v) is 15.7. The molecule has 0 aliphatic heterocycles. The third-order valence-corrected chi connectivity index (χ3v) is 5.72. The van der Waals surface area contributed by atoms with Crippen molar-refractivity contribution < 1.29 is 4.39 Å². The van der Waals surface area contributed by atoms with Crippen LogP contribution in [-0.2, 0) is 0 Å². The van der Waals surface area contributed by atoms with Crippen LogP contribution in [0.1, 0.15) is 11.1 Å². The molecule has 6 heteroatoms. The van der Waals surface area contributed by atoms with Crippen LogP contribution in [-0.4, -0.2) is 15.2 Å². The molecule has 4 rings (SSSR count). The maximum absolute atomic E-state index is 14.1. The van der Waals surface area contributed by atoms with Gasteiger partial charge in [-0.3, -0.25) is 5.10 Å². The molecule has 130 valence electrons. The minimum Gasteiger partial charge on any atom is -0.259 e. The lowest BCUT2D eigenvalue weighted by atomic mass is 10.1. The number of H-pyrrole nitrogens is 1. The SMILES string of the molecule is Cc1ccc(-c2scc(-c3n[nH]c(-c4c(F)cccc4Cl)n3)c2C)cc1. The Kier molecular flexibility index (Phi) is 4.34. The van der Waals surface area contributed by atoms with E-state index in [-0.39, 0.29) is 5.56 Å². The fourth-order valence-electron chi connectivity index (χ4n) is 2.84. The summed E-state index contributed by atoms with van der Waals surface area (Å²) in [7, 11) is 0. The third-order valence-electron chi connectivity index (χ3n) is 4.28. The van der Waals surface area contributed by atoms with Gasteiger partial charge in [0.05, 0.1) is 10.6 Å². The molecule has 1 N–H and O–H groups in total. The van der Waals surface area contributed by atoms with Crippen molar-refractivity contribution in [1.29, 1.82) is 0 Å². The second-order valence-electron chi connectivity index (χ2n) is 6.07. The first-order chi connectivity index (χ1) is 12.5. The van der Waals surface area contributed by atoms with Crippen LogP contribution in [0.2, 0.25) is 5.02 Å². The van der Waals surface area contributed by atoms with Crippen molar-refractivity contribution in [2.45, 2.75) is 13.8 Å². The second-order valence-corrected chi connectivity index (χ2v) is 7.36. The lowest BCUT2D eigenvalue weighted by Crippen LogP contribution is -1.88. The number of rotatable bonds is 3. The van der Waals surface area contributed by atoms with Gasteiger partial charge in [-0.05, 0) is 37.1 Å². The number of hydrogen-bond acceptors (Lipinski definition) is 3. The third kappa shape index (κ3) is 2.93. The van der Waals surface area contributed by atoms with Crippen molar-refractivity contribution in [3.05, 3.63) is 69.8 Å². The van der Waals surface area contributed by atoms with Gasteiger partial charge < -0.3 is 0 Å².